The van der Waals surface area contributed by atoms with Crippen LogP contribution in [0.2, 0.25) is 0 Å². The van der Waals surface area contributed by atoms with Crippen molar-refractivity contribution in [3.8, 4) is 11.5 Å². The molecule has 35 heavy (non-hydrogen) atoms. The maximum atomic E-state index is 13.4. The summed E-state index contributed by atoms with van der Waals surface area (Å²) in [4.78, 5) is 12.9. The van der Waals surface area contributed by atoms with Gasteiger partial charge in [-0.25, -0.2) is 8.42 Å². The number of fused-ring (bicyclic) bond motifs is 1. The molecule has 0 radical (unpaired) electrons. The maximum absolute atomic E-state index is 13.4. The smallest absolute Gasteiger partial charge is 0.248 e. The summed E-state index contributed by atoms with van der Waals surface area (Å²) in [7, 11) is -3.86. The van der Waals surface area contributed by atoms with Crippen LogP contribution in [0.25, 0.3) is 12.2 Å². The van der Waals surface area contributed by atoms with Crippen LogP contribution in [0, 0.1) is 12.8 Å². The second-order valence-electron chi connectivity index (χ2n) is 8.34. The van der Waals surface area contributed by atoms with Crippen molar-refractivity contribution in [2.24, 2.45) is 5.92 Å². The topological polar surface area (TPSA) is 124 Å². The van der Waals surface area contributed by atoms with Gasteiger partial charge in [-0.05, 0) is 56.2 Å². The number of carbonyl (C=O) groups excluding carboxylic acids is 1. The maximum Gasteiger partial charge on any atom is 0.248 e. The molecule has 5 rings (SSSR count). The third-order valence-corrected chi connectivity index (χ3v) is 8.07. The van der Waals surface area contributed by atoms with E-state index in [9.17, 15) is 13.2 Å². The molecule has 184 valence electrons. The first-order valence-electron chi connectivity index (χ1n) is 11.3. The third-order valence-electron chi connectivity index (χ3n) is 6.01. The standard InChI is InChI=1S/C24H25N3O7S/c1-16-23(21(34-26-16)7-5-19-3-2-12-31-19)35(29,30)27-10-8-17(9-11-27)24(28)25-18-4-6-20-22(15-18)33-14-13-32-20/h2-7,12,15,17H,8-11,13-14H2,1H3,(H,25,28)/b7-5+. The van der Waals surface area contributed by atoms with Gasteiger partial charge < -0.3 is 23.7 Å². The molecule has 3 aromatic rings. The van der Waals surface area contributed by atoms with Gasteiger partial charge in [0, 0.05) is 30.8 Å². The molecule has 11 heteroatoms. The van der Waals surface area contributed by atoms with Gasteiger partial charge in [-0.1, -0.05) is 5.16 Å². The first kappa shape index (κ1) is 23.2. The van der Waals surface area contributed by atoms with Crippen molar-refractivity contribution in [1.82, 2.24) is 9.46 Å². The van der Waals surface area contributed by atoms with Crippen molar-refractivity contribution in [2.75, 3.05) is 31.6 Å². The SMILES string of the molecule is Cc1noc(/C=C/c2ccco2)c1S(=O)(=O)N1CCC(C(=O)Nc2ccc3c(c2)OCCO3)CC1. The first-order chi connectivity index (χ1) is 16.9. The van der Waals surface area contributed by atoms with E-state index in [0.717, 1.165) is 0 Å². The van der Waals surface area contributed by atoms with Crippen molar-refractivity contribution in [3.05, 3.63) is 53.8 Å². The minimum absolute atomic E-state index is 0.0273. The molecule has 1 N–H and O–H groups in total. The molecule has 10 nitrogen and oxygen atoms in total. The van der Waals surface area contributed by atoms with Crippen LogP contribution in [-0.4, -0.2) is 50.1 Å². The Bertz CT molecular complexity index is 1340. The Morgan fingerprint density at radius 3 is 2.63 bits per heavy atom. The zero-order valence-corrected chi connectivity index (χ0v) is 19.9. The number of amides is 1. The van der Waals surface area contributed by atoms with Crippen LogP contribution in [0.5, 0.6) is 11.5 Å². The Hall–Kier alpha value is -3.57. The predicted molar refractivity (Wildman–Crippen MR) is 126 cm³/mol. The summed E-state index contributed by atoms with van der Waals surface area (Å²) in [5, 5.41) is 6.76. The van der Waals surface area contributed by atoms with E-state index in [1.165, 1.54) is 16.6 Å². The molecule has 0 unspecified atom stereocenters. The number of sulfonamides is 1. The fourth-order valence-electron chi connectivity index (χ4n) is 4.20. The molecule has 2 aromatic heterocycles. The summed E-state index contributed by atoms with van der Waals surface area (Å²) in [5.74, 6) is 1.48. The molecule has 0 bridgehead atoms. The Morgan fingerprint density at radius 2 is 1.89 bits per heavy atom. The summed E-state index contributed by atoms with van der Waals surface area (Å²) in [6.45, 7) is 2.98. The molecule has 0 aliphatic carbocycles. The van der Waals surface area contributed by atoms with Crippen LogP contribution >= 0.6 is 0 Å². The molecule has 0 atom stereocenters. The molecule has 1 aromatic carbocycles. The first-order valence-corrected chi connectivity index (χ1v) is 12.7. The van der Waals surface area contributed by atoms with Crippen LogP contribution in [0.15, 0.2) is 50.4 Å². The lowest BCUT2D eigenvalue weighted by Crippen LogP contribution is -2.41. The lowest BCUT2D eigenvalue weighted by atomic mass is 9.97. The van der Waals surface area contributed by atoms with Gasteiger partial charge in [-0.15, -0.1) is 0 Å². The highest BCUT2D eigenvalue weighted by Crippen LogP contribution is 2.33. The quantitative estimate of drug-likeness (QED) is 0.546. The van der Waals surface area contributed by atoms with Gasteiger partial charge in [-0.2, -0.15) is 4.31 Å². The second-order valence-corrected chi connectivity index (χ2v) is 10.2. The number of hydrogen-bond donors (Lipinski definition) is 1. The van der Waals surface area contributed by atoms with E-state index >= 15 is 0 Å². The number of benzene rings is 1. The molecule has 0 spiro atoms. The fraction of sp³-hybridized carbons (Fsp3) is 0.333. The highest BCUT2D eigenvalue weighted by atomic mass is 32.2. The number of rotatable bonds is 6. The zero-order valence-electron chi connectivity index (χ0n) is 19.1. The summed E-state index contributed by atoms with van der Waals surface area (Å²) in [6, 6.07) is 8.74. The van der Waals surface area contributed by atoms with Crippen LogP contribution in [0.3, 0.4) is 0 Å². The van der Waals surface area contributed by atoms with Crippen LogP contribution in [-0.2, 0) is 14.8 Å². The number of aryl methyl sites for hydroxylation is 1. The van der Waals surface area contributed by atoms with Crippen LogP contribution < -0.4 is 14.8 Å². The van der Waals surface area contributed by atoms with Crippen molar-refractivity contribution in [1.29, 1.82) is 0 Å². The van der Waals surface area contributed by atoms with E-state index in [4.69, 9.17) is 18.4 Å². The summed E-state index contributed by atoms with van der Waals surface area (Å²) < 4.78 is 49.8. The average Bonchev–Trinajstić information content (AvgIpc) is 3.52. The second kappa shape index (κ2) is 9.59. The molecule has 1 saturated heterocycles. The molecule has 2 aliphatic rings. The summed E-state index contributed by atoms with van der Waals surface area (Å²) in [6.07, 6.45) is 5.47. The lowest BCUT2D eigenvalue weighted by Gasteiger charge is -2.30. The Kier molecular flexibility index (Phi) is 6.35. The summed E-state index contributed by atoms with van der Waals surface area (Å²) >= 11 is 0. The zero-order chi connectivity index (χ0) is 24.4. The molecule has 1 fully saturated rings. The lowest BCUT2D eigenvalue weighted by molar-refractivity contribution is -0.120. The molecule has 0 saturated carbocycles. The normalized spacial score (nSPS) is 17.1. The molecule has 2 aliphatic heterocycles. The monoisotopic (exact) mass is 499 g/mol. The van der Waals surface area contributed by atoms with Gasteiger partial charge >= 0.3 is 0 Å². The van der Waals surface area contributed by atoms with Gasteiger partial charge in [0.15, 0.2) is 22.2 Å². The van der Waals surface area contributed by atoms with Gasteiger partial charge in [-0.3, -0.25) is 4.79 Å². The van der Waals surface area contributed by atoms with E-state index in [1.54, 1.807) is 43.3 Å². The average molecular weight is 500 g/mol. The van der Waals surface area contributed by atoms with Gasteiger partial charge in [0.2, 0.25) is 15.9 Å². The number of furan rings is 1. The van der Waals surface area contributed by atoms with Crippen molar-refractivity contribution < 1.29 is 31.6 Å². The highest BCUT2D eigenvalue weighted by molar-refractivity contribution is 7.89. The Labute approximate surface area is 202 Å². The van der Waals surface area contributed by atoms with E-state index in [0.29, 0.717) is 49.0 Å². The molecular weight excluding hydrogens is 474 g/mol. The number of ether oxygens (including phenoxy) is 2. The van der Waals surface area contributed by atoms with E-state index < -0.39 is 10.0 Å². The predicted octanol–water partition coefficient (Wildman–Crippen LogP) is 3.56. The fourth-order valence-corrected chi connectivity index (χ4v) is 5.92. The number of nitrogens with zero attached hydrogens (tertiary/aromatic N) is 2. The largest absolute Gasteiger partial charge is 0.486 e. The number of carbonyl (C=O) groups is 1. The third kappa shape index (κ3) is 4.82. The van der Waals surface area contributed by atoms with Crippen molar-refractivity contribution >= 4 is 33.8 Å². The molecule has 1 amide bonds. The Balaban J connectivity index is 1.24. The number of anilines is 1. The van der Waals surface area contributed by atoms with Crippen LogP contribution in [0.4, 0.5) is 5.69 Å². The van der Waals surface area contributed by atoms with Crippen LogP contribution in [0.1, 0.15) is 30.1 Å². The molecular formula is C24H25N3O7S. The Morgan fingerprint density at radius 1 is 1.11 bits per heavy atom. The number of nitrogens with one attached hydrogen (secondary N) is 1. The van der Waals surface area contributed by atoms with Gasteiger partial charge in [0.05, 0.1) is 6.26 Å². The van der Waals surface area contributed by atoms with Gasteiger partial charge in [0.25, 0.3) is 0 Å². The van der Waals surface area contributed by atoms with E-state index in [2.05, 4.69) is 10.5 Å². The minimum Gasteiger partial charge on any atom is -0.486 e. The summed E-state index contributed by atoms with van der Waals surface area (Å²) in [5.41, 5.74) is 0.893. The van der Waals surface area contributed by atoms with E-state index in [-0.39, 0.29) is 41.3 Å². The number of hydrogen-bond acceptors (Lipinski definition) is 8. The molecule has 4 heterocycles. The number of piperidine rings is 1. The van der Waals surface area contributed by atoms with Gasteiger partial charge in [0.1, 0.15) is 24.7 Å². The minimum atomic E-state index is -3.86. The van der Waals surface area contributed by atoms with Crippen molar-refractivity contribution in [3.63, 3.8) is 0 Å². The number of aromatic nitrogens is 1. The van der Waals surface area contributed by atoms with E-state index in [1.807, 2.05) is 0 Å². The van der Waals surface area contributed by atoms with Crippen molar-refractivity contribution in [2.45, 2.75) is 24.7 Å². The highest BCUT2D eigenvalue weighted by Gasteiger charge is 2.36.